The number of nitrogens with one attached hydrogen (secondary N) is 1. The Morgan fingerprint density at radius 1 is 0.975 bits per heavy atom. The molecular formula is C29H26ClN3O7. The Balaban J connectivity index is 1.78. The molecule has 0 saturated carbocycles. The summed E-state index contributed by atoms with van der Waals surface area (Å²) in [6.07, 6.45) is 0. The summed E-state index contributed by atoms with van der Waals surface area (Å²) < 4.78 is 21.9. The maximum Gasteiger partial charge on any atom is 0.302 e. The number of aliphatic hydroxyl groups is 1. The van der Waals surface area contributed by atoms with E-state index in [1.54, 1.807) is 24.3 Å². The van der Waals surface area contributed by atoms with Gasteiger partial charge < -0.3 is 29.0 Å². The highest BCUT2D eigenvalue weighted by molar-refractivity contribution is 6.51. The van der Waals surface area contributed by atoms with Gasteiger partial charge in [-0.25, -0.2) is 4.98 Å². The number of anilines is 1. The highest BCUT2D eigenvalue weighted by atomic mass is 35.5. The second kappa shape index (κ2) is 10.8. The molecule has 4 aromatic rings. The van der Waals surface area contributed by atoms with Crippen LogP contribution >= 0.6 is 11.6 Å². The van der Waals surface area contributed by atoms with Crippen LogP contribution in [0.1, 0.15) is 24.1 Å². The Morgan fingerprint density at radius 3 is 2.38 bits per heavy atom. The molecule has 0 radical (unpaired) electrons. The first-order chi connectivity index (χ1) is 19.3. The number of carbonyl (C=O) groups excluding carboxylic acids is 2. The third kappa shape index (κ3) is 4.46. The lowest BCUT2D eigenvalue weighted by atomic mass is 9.94. The summed E-state index contributed by atoms with van der Waals surface area (Å²) in [4.78, 5) is 36.1. The van der Waals surface area contributed by atoms with Crippen molar-refractivity contribution in [3.63, 3.8) is 0 Å². The van der Waals surface area contributed by atoms with Crippen LogP contribution in [0.15, 0.2) is 60.2 Å². The molecule has 10 nitrogen and oxygen atoms in total. The summed E-state index contributed by atoms with van der Waals surface area (Å²) in [7, 11) is 4.36. The Hall–Kier alpha value is -4.70. The van der Waals surface area contributed by atoms with E-state index in [2.05, 4.69) is 9.97 Å². The number of rotatable bonds is 8. The number of imidazole rings is 1. The molecule has 1 aliphatic heterocycles. The van der Waals surface area contributed by atoms with Crippen LogP contribution in [0.4, 0.5) is 5.95 Å². The molecule has 206 valence electrons. The van der Waals surface area contributed by atoms with E-state index in [4.69, 9.17) is 30.5 Å². The molecule has 2 N–H and O–H groups in total. The van der Waals surface area contributed by atoms with Crippen molar-refractivity contribution >= 4 is 46.0 Å². The largest absolute Gasteiger partial charge is 0.507 e. The standard InChI is InChI=1S/C29H26ClN3O7/c1-5-40-23-12-15(10-11-20(23)37-2)25-24(26(34)16-13-17(30)22(39-4)14-21(16)38-3)27(35)28(36)33(25)29-31-18-8-6-7-9-19(18)32-29/h6-14,25,34H,5H2,1-4H3,(H,31,32)/b26-24+. The number of H-pyrrole nitrogens is 1. The monoisotopic (exact) mass is 563 g/mol. The number of methoxy groups -OCH3 is 3. The number of aromatic nitrogens is 2. The lowest BCUT2D eigenvalue weighted by Crippen LogP contribution is -2.30. The van der Waals surface area contributed by atoms with Crippen LogP contribution in [0.3, 0.4) is 0 Å². The lowest BCUT2D eigenvalue weighted by molar-refractivity contribution is -0.132. The van der Waals surface area contributed by atoms with Crippen molar-refractivity contribution in [3.05, 3.63) is 76.3 Å². The molecule has 3 aromatic carbocycles. The van der Waals surface area contributed by atoms with E-state index in [0.29, 0.717) is 40.5 Å². The third-order valence-corrected chi connectivity index (χ3v) is 6.88. The molecule has 1 aromatic heterocycles. The molecule has 1 aliphatic rings. The number of hydrogen-bond acceptors (Lipinski definition) is 8. The molecule has 5 rings (SSSR count). The topological polar surface area (TPSA) is 123 Å². The van der Waals surface area contributed by atoms with Crippen molar-refractivity contribution in [1.82, 2.24) is 9.97 Å². The Morgan fingerprint density at radius 2 is 1.70 bits per heavy atom. The van der Waals surface area contributed by atoms with Crippen molar-refractivity contribution in [2.75, 3.05) is 32.8 Å². The molecule has 1 saturated heterocycles. The Labute approximate surface area is 234 Å². The van der Waals surface area contributed by atoms with Gasteiger partial charge in [-0.2, -0.15) is 0 Å². The molecular weight excluding hydrogens is 538 g/mol. The molecule has 2 heterocycles. The first-order valence-corrected chi connectivity index (χ1v) is 12.7. The van der Waals surface area contributed by atoms with Crippen LogP contribution in [-0.2, 0) is 9.59 Å². The minimum atomic E-state index is -1.09. The predicted octanol–water partition coefficient (Wildman–Crippen LogP) is 5.27. The van der Waals surface area contributed by atoms with Crippen molar-refractivity contribution in [3.8, 4) is 23.0 Å². The van der Waals surface area contributed by atoms with Crippen molar-refractivity contribution in [2.45, 2.75) is 13.0 Å². The summed E-state index contributed by atoms with van der Waals surface area (Å²) in [5.74, 6) is -0.748. The van der Waals surface area contributed by atoms with Gasteiger partial charge in [0.1, 0.15) is 17.3 Å². The normalized spacial score (nSPS) is 16.4. The van der Waals surface area contributed by atoms with Crippen molar-refractivity contribution in [1.29, 1.82) is 0 Å². The second-order valence-corrected chi connectivity index (χ2v) is 9.18. The summed E-state index contributed by atoms with van der Waals surface area (Å²) in [5.41, 5.74) is 1.68. The molecule has 0 bridgehead atoms. The second-order valence-electron chi connectivity index (χ2n) is 8.78. The Bertz CT molecular complexity index is 1630. The average molecular weight is 564 g/mol. The maximum absolute atomic E-state index is 13.6. The van der Waals surface area contributed by atoms with E-state index in [0.717, 1.165) is 0 Å². The summed E-state index contributed by atoms with van der Waals surface area (Å²) in [6.45, 7) is 2.18. The molecule has 0 aliphatic carbocycles. The fraction of sp³-hybridized carbons (Fsp3) is 0.207. The van der Waals surface area contributed by atoms with E-state index in [1.165, 1.54) is 38.4 Å². The van der Waals surface area contributed by atoms with E-state index >= 15 is 0 Å². The highest BCUT2D eigenvalue weighted by Gasteiger charge is 2.48. The number of aromatic amines is 1. The van der Waals surface area contributed by atoms with E-state index in [-0.39, 0.29) is 27.9 Å². The quantitative estimate of drug-likeness (QED) is 0.169. The number of hydrogen-bond donors (Lipinski definition) is 2. The van der Waals surface area contributed by atoms with Gasteiger partial charge in [-0.05, 0) is 42.8 Å². The number of para-hydroxylation sites is 2. The van der Waals surface area contributed by atoms with Gasteiger partial charge in [0.05, 0.1) is 61.2 Å². The number of ether oxygens (including phenoxy) is 4. The molecule has 1 unspecified atom stereocenters. The highest BCUT2D eigenvalue weighted by Crippen LogP contribution is 2.45. The van der Waals surface area contributed by atoms with Gasteiger partial charge in [-0.1, -0.05) is 29.8 Å². The van der Waals surface area contributed by atoms with Gasteiger partial charge in [-0.3, -0.25) is 14.5 Å². The SMILES string of the molecule is CCOc1cc(C2/C(=C(\O)c3cc(Cl)c(OC)cc3OC)C(=O)C(=O)N2c2nc3ccccc3[nH]2)ccc1OC. The number of nitrogens with zero attached hydrogens (tertiary/aromatic N) is 2. The van der Waals surface area contributed by atoms with E-state index < -0.39 is 23.5 Å². The van der Waals surface area contributed by atoms with E-state index in [9.17, 15) is 14.7 Å². The fourth-order valence-corrected chi connectivity index (χ4v) is 4.98. The molecule has 0 spiro atoms. The minimum Gasteiger partial charge on any atom is -0.507 e. The predicted molar refractivity (Wildman–Crippen MR) is 150 cm³/mol. The number of amides is 1. The maximum atomic E-state index is 13.6. The van der Waals surface area contributed by atoms with Crippen LogP contribution in [-0.4, -0.2) is 54.7 Å². The number of fused-ring (bicyclic) bond motifs is 1. The summed E-state index contributed by atoms with van der Waals surface area (Å²) in [6, 6.07) is 14.1. The molecule has 40 heavy (non-hydrogen) atoms. The number of Topliss-reactive ketones (excluding diaryl/α,β-unsaturated/α-hetero) is 1. The number of carbonyl (C=O) groups is 2. The van der Waals surface area contributed by atoms with Gasteiger partial charge in [0.15, 0.2) is 11.5 Å². The molecule has 1 fully saturated rings. The summed E-state index contributed by atoms with van der Waals surface area (Å²) >= 11 is 6.36. The summed E-state index contributed by atoms with van der Waals surface area (Å²) in [5, 5.41) is 11.8. The first-order valence-electron chi connectivity index (χ1n) is 12.3. The van der Waals surface area contributed by atoms with Crippen LogP contribution in [0.5, 0.6) is 23.0 Å². The van der Waals surface area contributed by atoms with Crippen molar-refractivity contribution < 1.29 is 33.6 Å². The van der Waals surface area contributed by atoms with Gasteiger partial charge in [0.25, 0.3) is 5.78 Å². The number of benzene rings is 3. The van der Waals surface area contributed by atoms with Gasteiger partial charge in [0, 0.05) is 6.07 Å². The zero-order valence-electron chi connectivity index (χ0n) is 22.1. The minimum absolute atomic E-state index is 0.111. The lowest BCUT2D eigenvalue weighted by Gasteiger charge is -2.24. The zero-order valence-corrected chi connectivity index (χ0v) is 22.9. The van der Waals surface area contributed by atoms with Gasteiger partial charge >= 0.3 is 5.91 Å². The average Bonchev–Trinajstić information content (AvgIpc) is 3.50. The zero-order chi connectivity index (χ0) is 28.6. The van der Waals surface area contributed by atoms with Crippen molar-refractivity contribution in [2.24, 2.45) is 0 Å². The van der Waals surface area contributed by atoms with E-state index in [1.807, 2.05) is 25.1 Å². The molecule has 11 heteroatoms. The first kappa shape index (κ1) is 26.9. The third-order valence-electron chi connectivity index (χ3n) is 6.58. The smallest absolute Gasteiger partial charge is 0.302 e. The van der Waals surface area contributed by atoms with Crippen LogP contribution in [0.2, 0.25) is 5.02 Å². The number of aliphatic hydroxyl groups excluding tert-OH is 1. The Kier molecular flexibility index (Phi) is 7.27. The fourth-order valence-electron chi connectivity index (χ4n) is 4.74. The molecule has 1 amide bonds. The number of ketones is 1. The number of halogens is 1. The van der Waals surface area contributed by atoms with Crippen LogP contribution < -0.4 is 23.8 Å². The van der Waals surface area contributed by atoms with Crippen LogP contribution in [0.25, 0.3) is 16.8 Å². The van der Waals surface area contributed by atoms with Crippen LogP contribution in [0, 0.1) is 0 Å². The molecule has 1 atom stereocenters. The van der Waals surface area contributed by atoms with Gasteiger partial charge in [0.2, 0.25) is 5.95 Å². The van der Waals surface area contributed by atoms with Gasteiger partial charge in [-0.15, -0.1) is 0 Å².